The molecule has 2 aromatic rings. The van der Waals surface area contributed by atoms with Crippen molar-refractivity contribution in [1.29, 1.82) is 0 Å². The van der Waals surface area contributed by atoms with Crippen LogP contribution < -0.4 is 5.32 Å². The lowest BCUT2D eigenvalue weighted by atomic mass is 10.1. The van der Waals surface area contributed by atoms with Gasteiger partial charge in [0, 0.05) is 12.1 Å². The second-order valence-electron chi connectivity index (χ2n) is 4.15. The van der Waals surface area contributed by atoms with Gasteiger partial charge in [-0.05, 0) is 5.56 Å². The van der Waals surface area contributed by atoms with Crippen molar-refractivity contribution >= 4 is 5.84 Å². The van der Waals surface area contributed by atoms with Crippen LogP contribution in [0.1, 0.15) is 17.2 Å². The van der Waals surface area contributed by atoms with E-state index in [2.05, 4.69) is 41.7 Å². The molecule has 0 radical (unpaired) electrons. The Morgan fingerprint density at radius 2 is 1.53 bits per heavy atom. The summed E-state index contributed by atoms with van der Waals surface area (Å²) in [4.78, 5) is 4.73. The molecule has 1 aliphatic heterocycles. The van der Waals surface area contributed by atoms with Crippen LogP contribution in [-0.4, -0.2) is 12.4 Å². The van der Waals surface area contributed by atoms with Crippen molar-refractivity contribution < 1.29 is 0 Å². The van der Waals surface area contributed by atoms with Gasteiger partial charge in [0.25, 0.3) is 0 Å². The maximum Gasteiger partial charge on any atom is 0.129 e. The molecule has 0 aliphatic carbocycles. The number of rotatable bonds is 2. The molecule has 1 aliphatic rings. The van der Waals surface area contributed by atoms with Gasteiger partial charge in [-0.3, -0.25) is 4.99 Å². The van der Waals surface area contributed by atoms with E-state index in [4.69, 9.17) is 4.99 Å². The summed E-state index contributed by atoms with van der Waals surface area (Å²) in [6.45, 7) is 0.883. The Labute approximate surface area is 101 Å². The van der Waals surface area contributed by atoms with E-state index in [0.29, 0.717) is 0 Å². The second-order valence-corrected chi connectivity index (χ2v) is 4.15. The zero-order chi connectivity index (χ0) is 11.5. The third-order valence-corrected chi connectivity index (χ3v) is 2.98. The van der Waals surface area contributed by atoms with Crippen LogP contribution in [0.15, 0.2) is 65.7 Å². The van der Waals surface area contributed by atoms with Crippen molar-refractivity contribution in [2.75, 3.05) is 6.54 Å². The highest BCUT2D eigenvalue weighted by Gasteiger charge is 2.18. The number of nitrogens with zero attached hydrogens (tertiary/aromatic N) is 1. The summed E-state index contributed by atoms with van der Waals surface area (Å²) in [5.41, 5.74) is 2.43. The Hall–Kier alpha value is -2.09. The van der Waals surface area contributed by atoms with Crippen LogP contribution in [0.25, 0.3) is 0 Å². The molecule has 2 nitrogen and oxygen atoms in total. The first-order valence-electron chi connectivity index (χ1n) is 5.85. The first-order valence-corrected chi connectivity index (χ1v) is 5.85. The lowest BCUT2D eigenvalue weighted by Gasteiger charge is -2.04. The predicted molar refractivity (Wildman–Crippen MR) is 70.2 cm³/mol. The number of benzene rings is 2. The maximum absolute atomic E-state index is 4.73. The number of aliphatic imine (C=N–C) groups is 1. The molecule has 17 heavy (non-hydrogen) atoms. The summed E-state index contributed by atoms with van der Waals surface area (Å²) in [7, 11) is 0. The van der Waals surface area contributed by atoms with E-state index in [0.717, 1.165) is 17.9 Å². The fourth-order valence-electron chi connectivity index (χ4n) is 2.08. The minimum Gasteiger partial charge on any atom is -0.367 e. The average molecular weight is 222 g/mol. The standard InChI is InChI=1S/C15H14N2/c1-3-7-12(8-4-1)14-11-16-15(17-14)13-9-5-2-6-10-13/h1-10,14H,11H2,(H,16,17). The molecule has 3 rings (SSSR count). The van der Waals surface area contributed by atoms with Crippen molar-refractivity contribution in [2.45, 2.75) is 6.04 Å². The maximum atomic E-state index is 4.73. The highest BCUT2D eigenvalue weighted by atomic mass is 15.1. The van der Waals surface area contributed by atoms with Crippen LogP contribution in [-0.2, 0) is 0 Å². The second kappa shape index (κ2) is 4.42. The Morgan fingerprint density at radius 1 is 0.882 bits per heavy atom. The summed E-state index contributed by atoms with van der Waals surface area (Å²) in [5.74, 6) is 0.999. The smallest absolute Gasteiger partial charge is 0.129 e. The molecule has 84 valence electrons. The monoisotopic (exact) mass is 222 g/mol. The molecule has 1 unspecified atom stereocenters. The lowest BCUT2D eigenvalue weighted by Crippen LogP contribution is -2.19. The highest BCUT2D eigenvalue weighted by molar-refractivity contribution is 5.99. The van der Waals surface area contributed by atoms with E-state index in [-0.39, 0.29) is 6.04 Å². The molecule has 0 saturated heterocycles. The largest absolute Gasteiger partial charge is 0.367 e. The molecule has 1 atom stereocenters. The first-order chi connectivity index (χ1) is 8.43. The summed E-state index contributed by atoms with van der Waals surface area (Å²) < 4.78 is 0. The number of hydrogen-bond acceptors (Lipinski definition) is 2. The van der Waals surface area contributed by atoms with Crippen LogP contribution in [0.4, 0.5) is 0 Å². The lowest BCUT2D eigenvalue weighted by molar-refractivity contribution is 0.751. The van der Waals surface area contributed by atoms with Crippen molar-refractivity contribution in [3.63, 3.8) is 0 Å². The Balaban J connectivity index is 1.87. The van der Waals surface area contributed by atoms with E-state index in [1.54, 1.807) is 0 Å². The minimum atomic E-state index is 0.242. The van der Waals surface area contributed by atoms with Crippen molar-refractivity contribution in [1.82, 2.24) is 5.32 Å². The van der Waals surface area contributed by atoms with Gasteiger partial charge >= 0.3 is 0 Å². The summed E-state index contributed by atoms with van der Waals surface area (Å²) >= 11 is 0. The van der Waals surface area contributed by atoms with Gasteiger partial charge in [-0.2, -0.15) is 0 Å². The fraction of sp³-hybridized carbons (Fsp3) is 0.133. The van der Waals surface area contributed by atoms with E-state index < -0.39 is 0 Å². The molecular formula is C15H14N2. The third-order valence-electron chi connectivity index (χ3n) is 2.98. The predicted octanol–water partition coefficient (Wildman–Crippen LogP) is 2.78. The molecule has 0 spiro atoms. The molecule has 1 N–H and O–H groups in total. The van der Waals surface area contributed by atoms with Crippen molar-refractivity contribution in [3.05, 3.63) is 71.8 Å². The summed E-state index contributed by atoms with van der Waals surface area (Å²) in [5, 5.41) is 3.37. The molecule has 0 fully saturated rings. The normalized spacial score (nSPS) is 18.6. The quantitative estimate of drug-likeness (QED) is 0.830. The van der Waals surface area contributed by atoms with Crippen LogP contribution in [0.5, 0.6) is 0 Å². The van der Waals surface area contributed by atoms with Gasteiger partial charge in [0.2, 0.25) is 0 Å². The van der Waals surface area contributed by atoms with E-state index in [1.807, 2.05) is 24.3 Å². The van der Waals surface area contributed by atoms with Crippen molar-refractivity contribution in [3.8, 4) is 0 Å². The van der Waals surface area contributed by atoms with Crippen LogP contribution >= 0.6 is 0 Å². The molecule has 0 saturated carbocycles. The third kappa shape index (κ3) is 2.07. The van der Waals surface area contributed by atoms with Crippen LogP contribution in [0, 0.1) is 0 Å². The zero-order valence-electron chi connectivity index (χ0n) is 9.51. The van der Waals surface area contributed by atoms with Crippen LogP contribution in [0.3, 0.4) is 0 Å². The first kappa shape index (κ1) is 10.1. The van der Waals surface area contributed by atoms with Crippen molar-refractivity contribution in [2.24, 2.45) is 4.99 Å². The Kier molecular flexibility index (Phi) is 2.62. The molecule has 0 amide bonds. The van der Waals surface area contributed by atoms with Gasteiger partial charge in [0.15, 0.2) is 0 Å². The van der Waals surface area contributed by atoms with E-state index in [9.17, 15) is 0 Å². The molecule has 1 heterocycles. The minimum absolute atomic E-state index is 0.242. The zero-order valence-corrected chi connectivity index (χ0v) is 9.51. The Bertz CT molecular complexity index is 517. The highest BCUT2D eigenvalue weighted by Crippen LogP contribution is 2.21. The van der Waals surface area contributed by atoms with E-state index >= 15 is 0 Å². The van der Waals surface area contributed by atoms with Gasteiger partial charge in [0.05, 0.1) is 6.04 Å². The molecule has 2 heteroatoms. The summed E-state index contributed by atoms with van der Waals surface area (Å²) in [6.07, 6.45) is 0. The van der Waals surface area contributed by atoms with Gasteiger partial charge in [-0.15, -0.1) is 0 Å². The van der Waals surface area contributed by atoms with Gasteiger partial charge in [-0.25, -0.2) is 0 Å². The molecular weight excluding hydrogens is 208 g/mol. The fourth-order valence-corrected chi connectivity index (χ4v) is 2.08. The molecule has 2 aromatic carbocycles. The molecule has 0 aromatic heterocycles. The number of hydrogen-bond donors (Lipinski definition) is 1. The van der Waals surface area contributed by atoms with E-state index in [1.165, 1.54) is 5.56 Å². The average Bonchev–Trinajstić information content (AvgIpc) is 2.90. The topological polar surface area (TPSA) is 24.4 Å². The van der Waals surface area contributed by atoms with Gasteiger partial charge in [0.1, 0.15) is 5.84 Å². The SMILES string of the molecule is c1ccc(C2=NC(c3ccccc3)CN2)cc1. The van der Waals surface area contributed by atoms with Crippen LogP contribution in [0.2, 0.25) is 0 Å². The number of nitrogens with one attached hydrogen (secondary N) is 1. The number of amidine groups is 1. The summed E-state index contributed by atoms with van der Waals surface area (Å²) in [6, 6.07) is 20.9. The molecule has 0 bridgehead atoms. The Morgan fingerprint density at radius 3 is 2.24 bits per heavy atom. The van der Waals surface area contributed by atoms with Gasteiger partial charge in [-0.1, -0.05) is 60.7 Å². The van der Waals surface area contributed by atoms with Gasteiger partial charge < -0.3 is 5.32 Å².